The number of nitrogens with zero attached hydrogens (tertiary/aromatic N) is 1. The first-order chi connectivity index (χ1) is 13.5. The van der Waals surface area contributed by atoms with Crippen LogP contribution >= 0.6 is 11.3 Å². The van der Waals surface area contributed by atoms with Gasteiger partial charge in [0.2, 0.25) is 5.91 Å². The first-order valence-corrected chi connectivity index (χ1v) is 9.30. The molecule has 5 nitrogen and oxygen atoms in total. The summed E-state index contributed by atoms with van der Waals surface area (Å²) in [6.07, 6.45) is 0.679. The van der Waals surface area contributed by atoms with Crippen LogP contribution < -0.4 is 14.8 Å². The van der Waals surface area contributed by atoms with Crippen LogP contribution in [0, 0.1) is 11.6 Å². The SMILES string of the molecule is COc1cc(CCC(=O)Nc2nc(-c3c(F)cccc3F)cs2)cc(OC)c1. The van der Waals surface area contributed by atoms with Crippen molar-refractivity contribution in [1.82, 2.24) is 4.98 Å². The van der Waals surface area contributed by atoms with E-state index < -0.39 is 11.6 Å². The molecule has 0 aliphatic rings. The number of hydrogen-bond donors (Lipinski definition) is 1. The van der Waals surface area contributed by atoms with E-state index in [1.54, 1.807) is 20.3 Å². The number of aromatic nitrogens is 1. The third kappa shape index (κ3) is 4.64. The molecule has 28 heavy (non-hydrogen) atoms. The molecule has 0 saturated carbocycles. The van der Waals surface area contributed by atoms with Crippen LogP contribution in [0.4, 0.5) is 13.9 Å². The molecule has 1 aromatic heterocycles. The summed E-state index contributed by atoms with van der Waals surface area (Å²) < 4.78 is 38.1. The Morgan fingerprint density at radius 2 is 1.75 bits per heavy atom. The Hall–Kier alpha value is -3.00. The minimum atomic E-state index is -0.699. The number of hydrogen-bond acceptors (Lipinski definition) is 5. The largest absolute Gasteiger partial charge is 0.497 e. The Bertz CT molecular complexity index is 949. The Kier molecular flexibility index (Phi) is 6.20. The summed E-state index contributed by atoms with van der Waals surface area (Å²) in [5, 5.41) is 4.45. The van der Waals surface area contributed by atoms with Gasteiger partial charge in [-0.1, -0.05) is 6.07 Å². The molecule has 0 saturated heterocycles. The second-order valence-corrected chi connectivity index (χ2v) is 6.76. The fraction of sp³-hybridized carbons (Fsp3) is 0.200. The zero-order chi connectivity index (χ0) is 20.1. The number of methoxy groups -OCH3 is 2. The number of aryl methyl sites for hydroxylation is 1. The fourth-order valence-electron chi connectivity index (χ4n) is 2.64. The van der Waals surface area contributed by atoms with Gasteiger partial charge in [-0.25, -0.2) is 13.8 Å². The number of thiazole rings is 1. The number of ether oxygens (including phenoxy) is 2. The van der Waals surface area contributed by atoms with Crippen LogP contribution in [0.15, 0.2) is 41.8 Å². The van der Waals surface area contributed by atoms with E-state index in [0.29, 0.717) is 17.9 Å². The lowest BCUT2D eigenvalue weighted by Crippen LogP contribution is -2.12. The van der Waals surface area contributed by atoms with Gasteiger partial charge in [-0.15, -0.1) is 11.3 Å². The molecule has 146 valence electrons. The Morgan fingerprint density at radius 3 is 2.36 bits per heavy atom. The topological polar surface area (TPSA) is 60.5 Å². The third-order valence-corrected chi connectivity index (χ3v) is 4.78. The van der Waals surface area contributed by atoms with Crippen molar-refractivity contribution in [2.45, 2.75) is 12.8 Å². The molecule has 0 radical (unpaired) electrons. The Balaban J connectivity index is 1.64. The molecule has 0 aliphatic heterocycles. The molecular weight excluding hydrogens is 386 g/mol. The normalized spacial score (nSPS) is 10.6. The quantitative estimate of drug-likeness (QED) is 0.621. The van der Waals surface area contributed by atoms with E-state index in [9.17, 15) is 13.6 Å². The maximum Gasteiger partial charge on any atom is 0.226 e. The van der Waals surface area contributed by atoms with Gasteiger partial charge in [0.05, 0.1) is 25.5 Å². The molecule has 2 aromatic carbocycles. The highest BCUT2D eigenvalue weighted by molar-refractivity contribution is 7.14. The summed E-state index contributed by atoms with van der Waals surface area (Å²) in [7, 11) is 3.12. The molecule has 3 aromatic rings. The summed E-state index contributed by atoms with van der Waals surface area (Å²) in [5.74, 6) is -0.362. The number of halogens is 2. The van der Waals surface area contributed by atoms with Gasteiger partial charge in [0.1, 0.15) is 23.1 Å². The molecule has 0 unspecified atom stereocenters. The zero-order valence-electron chi connectivity index (χ0n) is 15.3. The first-order valence-electron chi connectivity index (χ1n) is 8.42. The molecule has 8 heteroatoms. The number of nitrogens with one attached hydrogen (secondary N) is 1. The van der Waals surface area contributed by atoms with E-state index in [4.69, 9.17) is 9.47 Å². The molecule has 0 fully saturated rings. The zero-order valence-corrected chi connectivity index (χ0v) is 16.1. The van der Waals surface area contributed by atoms with Crippen LogP contribution in [0.25, 0.3) is 11.3 Å². The smallest absolute Gasteiger partial charge is 0.226 e. The average molecular weight is 404 g/mol. The summed E-state index contributed by atoms with van der Waals surface area (Å²) in [6, 6.07) is 9.03. The molecule has 3 rings (SSSR count). The highest BCUT2D eigenvalue weighted by atomic mass is 32.1. The number of rotatable bonds is 7. The van der Waals surface area contributed by atoms with Crippen LogP contribution in [-0.2, 0) is 11.2 Å². The molecular formula is C20H18F2N2O3S. The Labute approximate surface area is 164 Å². The molecule has 0 bridgehead atoms. The van der Waals surface area contributed by atoms with Crippen molar-refractivity contribution in [3.8, 4) is 22.8 Å². The second-order valence-electron chi connectivity index (χ2n) is 5.90. The number of benzene rings is 2. The summed E-state index contributed by atoms with van der Waals surface area (Å²) >= 11 is 1.11. The molecule has 1 amide bonds. The molecule has 1 heterocycles. The lowest BCUT2D eigenvalue weighted by molar-refractivity contribution is -0.116. The second kappa shape index (κ2) is 8.79. The van der Waals surface area contributed by atoms with Gasteiger partial charge in [0.25, 0.3) is 0 Å². The van der Waals surface area contributed by atoms with Gasteiger partial charge in [-0.3, -0.25) is 4.79 Å². The van der Waals surface area contributed by atoms with E-state index >= 15 is 0 Å². The Morgan fingerprint density at radius 1 is 1.11 bits per heavy atom. The monoisotopic (exact) mass is 404 g/mol. The van der Waals surface area contributed by atoms with Crippen LogP contribution in [0.1, 0.15) is 12.0 Å². The van der Waals surface area contributed by atoms with Gasteiger partial charge in [-0.05, 0) is 36.2 Å². The fourth-order valence-corrected chi connectivity index (χ4v) is 3.36. The van der Waals surface area contributed by atoms with E-state index in [1.807, 2.05) is 12.1 Å². The molecule has 0 spiro atoms. The number of carbonyl (C=O) groups is 1. The van der Waals surface area contributed by atoms with Gasteiger partial charge in [-0.2, -0.15) is 0 Å². The van der Waals surface area contributed by atoms with E-state index in [1.165, 1.54) is 23.6 Å². The summed E-state index contributed by atoms with van der Waals surface area (Å²) in [6.45, 7) is 0. The van der Waals surface area contributed by atoms with Crippen molar-refractivity contribution < 1.29 is 23.0 Å². The number of anilines is 1. The predicted octanol–water partition coefficient (Wildman–Crippen LogP) is 4.68. The van der Waals surface area contributed by atoms with Gasteiger partial charge >= 0.3 is 0 Å². The van der Waals surface area contributed by atoms with E-state index in [2.05, 4.69) is 10.3 Å². The van der Waals surface area contributed by atoms with Crippen LogP contribution in [0.3, 0.4) is 0 Å². The van der Waals surface area contributed by atoms with Crippen molar-refractivity contribution in [2.75, 3.05) is 19.5 Å². The van der Waals surface area contributed by atoms with Crippen molar-refractivity contribution in [3.05, 3.63) is 59.0 Å². The van der Waals surface area contributed by atoms with Crippen LogP contribution in [0.5, 0.6) is 11.5 Å². The van der Waals surface area contributed by atoms with E-state index in [-0.39, 0.29) is 28.7 Å². The maximum atomic E-state index is 13.9. The molecule has 0 aliphatic carbocycles. The number of carbonyl (C=O) groups excluding carboxylic acids is 1. The standard InChI is InChI=1S/C20H18F2N2O3S/c1-26-13-8-12(9-14(10-13)27-2)6-7-18(25)24-20-23-17(11-28-20)19-15(21)4-3-5-16(19)22/h3-5,8-11H,6-7H2,1-2H3,(H,23,24,25). The summed E-state index contributed by atoms with van der Waals surface area (Å²) in [4.78, 5) is 16.3. The van der Waals surface area contributed by atoms with Crippen LogP contribution in [0.2, 0.25) is 0 Å². The predicted molar refractivity (Wildman–Crippen MR) is 104 cm³/mol. The maximum absolute atomic E-state index is 13.9. The van der Waals surface area contributed by atoms with Crippen molar-refractivity contribution >= 4 is 22.4 Å². The highest BCUT2D eigenvalue weighted by Crippen LogP contribution is 2.29. The lowest BCUT2D eigenvalue weighted by Gasteiger charge is -2.08. The van der Waals surface area contributed by atoms with Gasteiger partial charge < -0.3 is 14.8 Å². The van der Waals surface area contributed by atoms with Crippen molar-refractivity contribution in [3.63, 3.8) is 0 Å². The van der Waals surface area contributed by atoms with Crippen molar-refractivity contribution in [2.24, 2.45) is 0 Å². The van der Waals surface area contributed by atoms with E-state index in [0.717, 1.165) is 16.9 Å². The van der Waals surface area contributed by atoms with Crippen LogP contribution in [-0.4, -0.2) is 25.1 Å². The van der Waals surface area contributed by atoms with Crippen molar-refractivity contribution in [1.29, 1.82) is 0 Å². The summed E-state index contributed by atoms with van der Waals surface area (Å²) in [5.41, 5.74) is 0.829. The van der Waals surface area contributed by atoms with Gasteiger partial charge in [0, 0.05) is 17.9 Å². The lowest BCUT2D eigenvalue weighted by atomic mass is 10.1. The molecule has 1 N–H and O–H groups in total. The minimum Gasteiger partial charge on any atom is -0.497 e. The average Bonchev–Trinajstić information content (AvgIpc) is 3.13. The third-order valence-electron chi connectivity index (χ3n) is 4.02. The minimum absolute atomic E-state index is 0.147. The molecule has 0 atom stereocenters. The first kappa shape index (κ1) is 19.8. The van der Waals surface area contributed by atoms with Gasteiger partial charge in [0.15, 0.2) is 5.13 Å². The number of amides is 1. The highest BCUT2D eigenvalue weighted by Gasteiger charge is 2.15.